The number of nitrogens with one attached hydrogen (secondary N) is 1. The van der Waals surface area contributed by atoms with Gasteiger partial charge in [0, 0.05) is 19.1 Å². The van der Waals surface area contributed by atoms with E-state index >= 15 is 0 Å². The molecule has 0 bridgehead atoms. The highest BCUT2D eigenvalue weighted by Crippen LogP contribution is 2.35. The molecule has 4 rings (SSSR count). The lowest BCUT2D eigenvalue weighted by Crippen LogP contribution is -2.48. The van der Waals surface area contributed by atoms with E-state index in [0.717, 1.165) is 29.7 Å². The number of methoxy groups -OCH3 is 1. The standard InChI is InChI=1S/C21H27F2N5O2/c1-13-8-14(5-6-18(13)30-2)9-19(29)27-7-3-4-15(11-27)16-10-17(20(22)23)28-21(26-16)24-12-25-28/h5-6,8,12,15-17,20H,3-4,7,9-11H2,1-2H3,(H,24,25,26)/t15?,16-,17+/m0/s1. The third-order valence-corrected chi connectivity index (χ3v) is 6.18. The van der Waals surface area contributed by atoms with E-state index in [1.54, 1.807) is 7.11 Å². The molecule has 0 aliphatic carbocycles. The van der Waals surface area contributed by atoms with Crippen molar-refractivity contribution in [2.75, 3.05) is 25.5 Å². The van der Waals surface area contributed by atoms with Crippen LogP contribution in [0.1, 0.15) is 36.4 Å². The molecule has 1 saturated heterocycles. The number of hydrogen-bond acceptors (Lipinski definition) is 5. The fraction of sp³-hybridized carbons (Fsp3) is 0.571. The number of carbonyl (C=O) groups excluding carboxylic acids is 1. The molecular weight excluding hydrogens is 392 g/mol. The minimum atomic E-state index is -2.50. The molecule has 3 heterocycles. The van der Waals surface area contributed by atoms with Gasteiger partial charge in [-0.3, -0.25) is 4.79 Å². The van der Waals surface area contributed by atoms with Gasteiger partial charge in [-0.05, 0) is 49.3 Å². The third-order valence-electron chi connectivity index (χ3n) is 6.18. The van der Waals surface area contributed by atoms with Crippen LogP contribution >= 0.6 is 0 Å². The number of carbonyl (C=O) groups is 1. The highest BCUT2D eigenvalue weighted by Gasteiger charge is 2.39. The molecule has 1 amide bonds. The van der Waals surface area contributed by atoms with Gasteiger partial charge in [0.15, 0.2) is 0 Å². The molecule has 1 N–H and O–H groups in total. The van der Waals surface area contributed by atoms with Gasteiger partial charge in [-0.1, -0.05) is 12.1 Å². The van der Waals surface area contributed by atoms with Crippen LogP contribution in [0.5, 0.6) is 5.75 Å². The summed E-state index contributed by atoms with van der Waals surface area (Å²) in [5.74, 6) is 1.35. The van der Waals surface area contributed by atoms with Crippen LogP contribution in [0.15, 0.2) is 24.5 Å². The van der Waals surface area contributed by atoms with Gasteiger partial charge in [0.05, 0.1) is 13.5 Å². The van der Waals surface area contributed by atoms with Crippen molar-refractivity contribution in [1.29, 1.82) is 0 Å². The molecule has 2 aliphatic heterocycles. The molecule has 162 valence electrons. The average molecular weight is 419 g/mol. The Bertz CT molecular complexity index is 903. The molecule has 1 aromatic carbocycles. The fourth-order valence-corrected chi connectivity index (χ4v) is 4.60. The van der Waals surface area contributed by atoms with Crippen molar-refractivity contribution < 1.29 is 18.3 Å². The van der Waals surface area contributed by atoms with Gasteiger partial charge in [0.2, 0.25) is 11.9 Å². The Morgan fingerprint density at radius 1 is 1.40 bits per heavy atom. The van der Waals surface area contributed by atoms with Gasteiger partial charge in [-0.25, -0.2) is 13.5 Å². The van der Waals surface area contributed by atoms with Crippen LogP contribution in [0.3, 0.4) is 0 Å². The molecule has 1 unspecified atom stereocenters. The van der Waals surface area contributed by atoms with Crippen molar-refractivity contribution in [1.82, 2.24) is 19.7 Å². The van der Waals surface area contributed by atoms with Gasteiger partial charge >= 0.3 is 0 Å². The molecule has 9 heteroatoms. The zero-order valence-electron chi connectivity index (χ0n) is 17.2. The van der Waals surface area contributed by atoms with E-state index in [1.165, 1.54) is 11.0 Å². The number of benzene rings is 1. The summed E-state index contributed by atoms with van der Waals surface area (Å²) in [5, 5.41) is 7.20. The van der Waals surface area contributed by atoms with Gasteiger partial charge < -0.3 is 15.0 Å². The molecule has 30 heavy (non-hydrogen) atoms. The number of piperidine rings is 1. The summed E-state index contributed by atoms with van der Waals surface area (Å²) in [6.45, 7) is 3.22. The molecule has 0 saturated carbocycles. The summed E-state index contributed by atoms with van der Waals surface area (Å²) >= 11 is 0. The van der Waals surface area contributed by atoms with Crippen molar-refractivity contribution in [3.63, 3.8) is 0 Å². The Balaban J connectivity index is 1.42. The lowest BCUT2D eigenvalue weighted by Gasteiger charge is -2.40. The quantitative estimate of drug-likeness (QED) is 0.807. The topological polar surface area (TPSA) is 72.3 Å². The number of likely N-dealkylation sites (tertiary alicyclic amines) is 1. The minimum Gasteiger partial charge on any atom is -0.496 e. The van der Waals surface area contributed by atoms with Crippen molar-refractivity contribution in [3.05, 3.63) is 35.7 Å². The number of nitrogens with zero attached hydrogens (tertiary/aromatic N) is 4. The molecule has 2 aliphatic rings. The summed E-state index contributed by atoms with van der Waals surface area (Å²) in [7, 11) is 1.63. The van der Waals surface area contributed by atoms with Crippen LogP contribution in [0, 0.1) is 12.8 Å². The van der Waals surface area contributed by atoms with Crippen LogP contribution in [0.25, 0.3) is 0 Å². The second-order valence-electron chi connectivity index (χ2n) is 8.14. The Labute approximate surface area is 174 Å². The molecule has 2 aromatic rings. The van der Waals surface area contributed by atoms with Gasteiger partial charge in [-0.15, -0.1) is 0 Å². The van der Waals surface area contributed by atoms with Crippen molar-refractivity contribution in [3.8, 4) is 5.75 Å². The maximum absolute atomic E-state index is 13.6. The maximum atomic E-state index is 13.6. The first-order valence-corrected chi connectivity index (χ1v) is 10.3. The van der Waals surface area contributed by atoms with E-state index in [0.29, 0.717) is 25.5 Å². The molecule has 1 aromatic heterocycles. The highest BCUT2D eigenvalue weighted by atomic mass is 19.3. The van der Waals surface area contributed by atoms with Crippen molar-refractivity contribution in [2.24, 2.45) is 5.92 Å². The van der Waals surface area contributed by atoms with E-state index in [4.69, 9.17) is 4.74 Å². The summed E-state index contributed by atoms with van der Waals surface area (Å²) in [5.41, 5.74) is 1.94. The smallest absolute Gasteiger partial charge is 0.260 e. The van der Waals surface area contributed by atoms with Gasteiger partial charge in [0.1, 0.15) is 18.1 Å². The third kappa shape index (κ3) is 4.11. The minimum absolute atomic E-state index is 0.0636. The van der Waals surface area contributed by atoms with Gasteiger partial charge in [0.25, 0.3) is 6.43 Å². The Hall–Kier alpha value is -2.71. The summed E-state index contributed by atoms with van der Waals surface area (Å²) < 4.78 is 33.7. The van der Waals surface area contributed by atoms with Crippen molar-refractivity contribution in [2.45, 2.75) is 51.1 Å². The predicted molar refractivity (Wildman–Crippen MR) is 108 cm³/mol. The van der Waals surface area contributed by atoms with Gasteiger partial charge in [-0.2, -0.15) is 10.1 Å². The van der Waals surface area contributed by atoms with Crippen LogP contribution in [0.2, 0.25) is 0 Å². The monoisotopic (exact) mass is 419 g/mol. The summed E-state index contributed by atoms with van der Waals surface area (Å²) in [4.78, 5) is 18.9. The highest BCUT2D eigenvalue weighted by molar-refractivity contribution is 5.79. The SMILES string of the molecule is COc1ccc(CC(=O)N2CCCC([C@@H]3C[C@H](C(F)F)n4ncnc4N3)C2)cc1C. The maximum Gasteiger partial charge on any atom is 0.260 e. The van der Waals surface area contributed by atoms with E-state index in [2.05, 4.69) is 15.4 Å². The van der Waals surface area contributed by atoms with E-state index < -0.39 is 12.5 Å². The van der Waals surface area contributed by atoms with E-state index in [9.17, 15) is 13.6 Å². The second kappa shape index (κ2) is 8.57. The number of amides is 1. The number of aryl methyl sites for hydroxylation is 1. The largest absolute Gasteiger partial charge is 0.496 e. The molecule has 7 nitrogen and oxygen atoms in total. The predicted octanol–water partition coefficient (Wildman–Crippen LogP) is 3.07. The van der Waals surface area contributed by atoms with E-state index in [-0.39, 0.29) is 24.3 Å². The zero-order valence-corrected chi connectivity index (χ0v) is 17.2. The van der Waals surface area contributed by atoms with E-state index in [1.807, 2.05) is 30.0 Å². The van der Waals surface area contributed by atoms with Crippen molar-refractivity contribution >= 4 is 11.9 Å². The first-order valence-electron chi connectivity index (χ1n) is 10.3. The average Bonchev–Trinajstić information content (AvgIpc) is 3.22. The second-order valence-corrected chi connectivity index (χ2v) is 8.14. The summed E-state index contributed by atoms with van der Waals surface area (Å²) in [6, 6.07) is 4.62. The molecule has 1 fully saturated rings. The number of rotatable bonds is 5. The number of anilines is 1. The zero-order chi connectivity index (χ0) is 21.3. The van der Waals surface area contributed by atoms with Crippen LogP contribution < -0.4 is 10.1 Å². The number of halogens is 2. The van der Waals surface area contributed by atoms with Crippen LogP contribution in [-0.4, -0.2) is 58.2 Å². The fourth-order valence-electron chi connectivity index (χ4n) is 4.60. The lowest BCUT2D eigenvalue weighted by molar-refractivity contribution is -0.132. The lowest BCUT2D eigenvalue weighted by atomic mass is 9.86. The molecular formula is C21H27F2N5O2. The normalized spacial score (nSPS) is 23.8. The number of hydrogen-bond donors (Lipinski definition) is 1. The first kappa shape index (κ1) is 20.6. The number of alkyl halides is 2. The van der Waals surface area contributed by atoms with Crippen LogP contribution in [0.4, 0.5) is 14.7 Å². The van der Waals surface area contributed by atoms with Crippen LogP contribution in [-0.2, 0) is 11.2 Å². The Morgan fingerprint density at radius 2 is 2.23 bits per heavy atom. The number of ether oxygens (including phenoxy) is 1. The number of aromatic nitrogens is 3. The Kier molecular flexibility index (Phi) is 5.87. The Morgan fingerprint density at radius 3 is 2.97 bits per heavy atom. The number of fused-ring (bicyclic) bond motifs is 1. The molecule has 0 radical (unpaired) electrons. The molecule has 3 atom stereocenters. The summed E-state index contributed by atoms with van der Waals surface area (Å²) in [6.07, 6.45) is 1.15. The first-order chi connectivity index (χ1) is 14.5. The molecule has 0 spiro atoms.